The molecule has 7 nitrogen and oxygen atoms in total. The van der Waals surface area contributed by atoms with Gasteiger partial charge in [0.25, 0.3) is 0 Å². The second kappa shape index (κ2) is 10.0. The number of nitrogens with one attached hydrogen (secondary N) is 1. The second-order valence-corrected chi connectivity index (χ2v) is 9.45. The van der Waals surface area contributed by atoms with Gasteiger partial charge in [-0.15, -0.1) is 0 Å². The lowest BCUT2D eigenvalue weighted by molar-refractivity contribution is -0.122. The average Bonchev–Trinajstić information content (AvgIpc) is 2.72. The van der Waals surface area contributed by atoms with Gasteiger partial charge in [-0.25, -0.2) is 8.42 Å². The molecule has 0 radical (unpaired) electrons. The van der Waals surface area contributed by atoms with Crippen LogP contribution in [0.5, 0.6) is 11.5 Å². The smallest absolute Gasteiger partial charge is 0.244 e. The van der Waals surface area contributed by atoms with Gasteiger partial charge in [0.2, 0.25) is 15.9 Å². The van der Waals surface area contributed by atoms with Crippen LogP contribution in [0.2, 0.25) is 0 Å². The summed E-state index contributed by atoms with van der Waals surface area (Å²) in [6.45, 7) is 7.59. The van der Waals surface area contributed by atoms with Gasteiger partial charge in [-0.05, 0) is 56.0 Å². The molecule has 0 aliphatic rings. The van der Waals surface area contributed by atoms with E-state index in [2.05, 4.69) is 5.32 Å². The molecule has 0 bridgehead atoms. The Morgan fingerprint density at radius 1 is 1.06 bits per heavy atom. The maximum Gasteiger partial charge on any atom is 0.244 e. The summed E-state index contributed by atoms with van der Waals surface area (Å²) in [6, 6.07) is 9.65. The number of nitrogens with zero attached hydrogens (tertiary/aromatic N) is 1. The van der Waals surface area contributed by atoms with Crippen molar-refractivity contribution in [2.75, 3.05) is 24.8 Å². The fourth-order valence-corrected chi connectivity index (χ4v) is 4.61. The van der Waals surface area contributed by atoms with E-state index in [4.69, 9.17) is 9.47 Å². The molecule has 0 aliphatic carbocycles. The normalized spacial score (nSPS) is 13.3. The lowest BCUT2D eigenvalue weighted by Gasteiger charge is -2.31. The van der Waals surface area contributed by atoms with Crippen LogP contribution in [0.3, 0.4) is 0 Å². The monoisotopic (exact) mass is 448 g/mol. The molecule has 8 heteroatoms. The number of amides is 1. The number of sulfonamides is 1. The van der Waals surface area contributed by atoms with E-state index in [0.29, 0.717) is 17.9 Å². The maximum atomic E-state index is 13.2. The highest BCUT2D eigenvalue weighted by molar-refractivity contribution is 7.92. The van der Waals surface area contributed by atoms with E-state index in [0.717, 1.165) is 21.7 Å². The molecule has 0 heterocycles. The van der Waals surface area contributed by atoms with E-state index in [1.54, 1.807) is 25.1 Å². The molecule has 170 valence electrons. The Bertz CT molecular complexity index is 1040. The first kappa shape index (κ1) is 24.5. The van der Waals surface area contributed by atoms with Crippen molar-refractivity contribution >= 4 is 21.6 Å². The summed E-state index contributed by atoms with van der Waals surface area (Å²) in [5.41, 5.74) is 3.53. The zero-order valence-electron chi connectivity index (χ0n) is 19.2. The highest BCUT2D eigenvalue weighted by Crippen LogP contribution is 2.35. The number of hydrogen-bond acceptors (Lipinski definition) is 5. The largest absolute Gasteiger partial charge is 0.497 e. The summed E-state index contributed by atoms with van der Waals surface area (Å²) >= 11 is 0. The van der Waals surface area contributed by atoms with Crippen molar-refractivity contribution < 1.29 is 22.7 Å². The SMILES string of the molecule is CC[C@H](NC(=O)[C@H](C)N(c1cc(OC)ccc1OC)S(C)(=O)=O)c1ccc(C)c(C)c1. The third-order valence-electron chi connectivity index (χ3n) is 5.37. The fourth-order valence-electron chi connectivity index (χ4n) is 3.44. The number of benzene rings is 2. The quantitative estimate of drug-likeness (QED) is 0.632. The predicted octanol–water partition coefficient (Wildman–Crippen LogP) is 3.74. The summed E-state index contributed by atoms with van der Waals surface area (Å²) in [7, 11) is -0.867. The van der Waals surface area contributed by atoms with E-state index in [9.17, 15) is 13.2 Å². The van der Waals surface area contributed by atoms with Crippen molar-refractivity contribution in [3.05, 3.63) is 53.1 Å². The number of hydrogen-bond donors (Lipinski definition) is 1. The average molecular weight is 449 g/mol. The molecule has 2 atom stereocenters. The Balaban J connectivity index is 2.40. The molecule has 1 amide bonds. The van der Waals surface area contributed by atoms with Crippen LogP contribution in [0.25, 0.3) is 0 Å². The van der Waals surface area contributed by atoms with Crippen LogP contribution in [0.4, 0.5) is 5.69 Å². The summed E-state index contributed by atoms with van der Waals surface area (Å²) in [5, 5.41) is 3.00. The lowest BCUT2D eigenvalue weighted by atomic mass is 9.99. The number of carbonyl (C=O) groups excluding carboxylic acids is 1. The van der Waals surface area contributed by atoms with E-state index in [-0.39, 0.29) is 11.7 Å². The molecule has 0 saturated carbocycles. The molecule has 0 spiro atoms. The van der Waals surface area contributed by atoms with Crippen molar-refractivity contribution in [1.29, 1.82) is 0 Å². The molecular weight excluding hydrogens is 416 g/mol. The van der Waals surface area contributed by atoms with Gasteiger partial charge in [0, 0.05) is 6.07 Å². The second-order valence-electron chi connectivity index (χ2n) is 7.59. The Labute approximate surface area is 185 Å². The van der Waals surface area contributed by atoms with Gasteiger partial charge in [-0.2, -0.15) is 0 Å². The minimum absolute atomic E-state index is 0.233. The van der Waals surface area contributed by atoms with Crippen molar-refractivity contribution in [2.24, 2.45) is 0 Å². The molecule has 0 fully saturated rings. The first-order valence-corrected chi connectivity index (χ1v) is 12.0. The Morgan fingerprint density at radius 3 is 2.26 bits per heavy atom. The molecule has 0 aliphatic heterocycles. The lowest BCUT2D eigenvalue weighted by Crippen LogP contribution is -2.48. The van der Waals surface area contributed by atoms with E-state index < -0.39 is 22.0 Å². The highest BCUT2D eigenvalue weighted by atomic mass is 32.2. The van der Waals surface area contributed by atoms with Crippen LogP contribution in [0.1, 0.15) is 43.0 Å². The van der Waals surface area contributed by atoms with Crippen molar-refractivity contribution in [2.45, 2.75) is 46.2 Å². The van der Waals surface area contributed by atoms with Gasteiger partial charge in [0.05, 0.1) is 32.2 Å². The van der Waals surface area contributed by atoms with Crippen LogP contribution in [0.15, 0.2) is 36.4 Å². The number of rotatable bonds is 9. The van der Waals surface area contributed by atoms with Crippen molar-refractivity contribution in [3.8, 4) is 11.5 Å². The first-order chi connectivity index (χ1) is 14.5. The molecule has 2 aromatic carbocycles. The molecule has 2 rings (SSSR count). The number of ether oxygens (including phenoxy) is 2. The van der Waals surface area contributed by atoms with Gasteiger partial charge in [-0.3, -0.25) is 9.10 Å². The van der Waals surface area contributed by atoms with Gasteiger partial charge in [-0.1, -0.05) is 25.1 Å². The Morgan fingerprint density at radius 2 is 1.74 bits per heavy atom. The highest BCUT2D eigenvalue weighted by Gasteiger charge is 2.32. The van der Waals surface area contributed by atoms with Crippen LogP contribution in [-0.2, 0) is 14.8 Å². The number of carbonyl (C=O) groups is 1. The Kier molecular flexibility index (Phi) is 7.95. The van der Waals surface area contributed by atoms with Crippen molar-refractivity contribution in [1.82, 2.24) is 5.32 Å². The molecule has 2 aromatic rings. The molecule has 0 aromatic heterocycles. The van der Waals surface area contributed by atoms with Gasteiger partial charge >= 0.3 is 0 Å². The Hall–Kier alpha value is -2.74. The minimum atomic E-state index is -3.80. The summed E-state index contributed by atoms with van der Waals surface area (Å²) in [6.07, 6.45) is 1.73. The van der Waals surface area contributed by atoms with Crippen LogP contribution in [-0.4, -0.2) is 40.8 Å². The minimum Gasteiger partial charge on any atom is -0.497 e. The van der Waals surface area contributed by atoms with E-state index >= 15 is 0 Å². The first-order valence-electron chi connectivity index (χ1n) is 10.1. The zero-order chi connectivity index (χ0) is 23.3. The molecule has 1 N–H and O–H groups in total. The van der Waals surface area contributed by atoms with Crippen LogP contribution < -0.4 is 19.1 Å². The van der Waals surface area contributed by atoms with Crippen molar-refractivity contribution in [3.63, 3.8) is 0 Å². The third-order valence-corrected chi connectivity index (χ3v) is 6.60. The molecule has 31 heavy (non-hydrogen) atoms. The van der Waals surface area contributed by atoms with Gasteiger partial charge < -0.3 is 14.8 Å². The summed E-state index contributed by atoms with van der Waals surface area (Å²) in [4.78, 5) is 13.2. The predicted molar refractivity (Wildman–Crippen MR) is 123 cm³/mol. The number of methoxy groups -OCH3 is 2. The topological polar surface area (TPSA) is 84.9 Å². The van der Waals surface area contributed by atoms with Gasteiger partial charge in [0.15, 0.2) is 0 Å². The van der Waals surface area contributed by atoms with Gasteiger partial charge in [0.1, 0.15) is 17.5 Å². The third kappa shape index (κ3) is 5.70. The maximum absolute atomic E-state index is 13.2. The molecular formula is C23H32N2O5S. The standard InChI is InChI=1S/C23H32N2O5S/c1-8-20(18-10-9-15(2)16(3)13-18)24-23(26)17(4)25(31(7,27)28)21-14-19(29-5)11-12-22(21)30-6/h9-14,17,20H,8H2,1-7H3,(H,24,26)/t17-,20-/m0/s1. The number of aryl methyl sites for hydroxylation is 2. The van der Waals surface area contributed by atoms with E-state index in [1.807, 2.05) is 39.0 Å². The number of anilines is 1. The summed E-state index contributed by atoms with van der Waals surface area (Å²) in [5.74, 6) is 0.381. The molecule has 0 saturated heterocycles. The van der Waals surface area contributed by atoms with E-state index in [1.165, 1.54) is 19.8 Å². The molecule has 0 unspecified atom stereocenters. The zero-order valence-corrected chi connectivity index (χ0v) is 20.0. The van der Waals surface area contributed by atoms with Crippen LogP contribution >= 0.6 is 0 Å². The van der Waals surface area contributed by atoms with Crippen LogP contribution in [0, 0.1) is 13.8 Å². The fraction of sp³-hybridized carbons (Fsp3) is 0.435. The summed E-state index contributed by atoms with van der Waals surface area (Å²) < 4.78 is 37.1.